The summed E-state index contributed by atoms with van der Waals surface area (Å²) in [7, 11) is 0. The lowest BCUT2D eigenvalue weighted by Crippen LogP contribution is -2.31. The molecule has 2 unspecified atom stereocenters. The molecule has 1 N–H and O–H groups in total. The van der Waals surface area contributed by atoms with E-state index in [2.05, 4.69) is 38.3 Å². The number of nitrogens with one attached hydrogen (secondary N) is 1. The lowest BCUT2D eigenvalue weighted by molar-refractivity contribution is 0.246. The molecular weight excluding hydrogens is 337 g/mol. The van der Waals surface area contributed by atoms with Gasteiger partial charge in [0.2, 0.25) is 11.7 Å². The standard InChI is InChI=1S/C15H17BrFN3O/c1-2-9-5-6-18-13(7-9)15-19-14(20-21-15)11-4-3-10(17)8-12(11)16/h3-4,8-9,13,18H,2,5-7H2,1H3. The minimum Gasteiger partial charge on any atom is -0.337 e. The zero-order valence-corrected chi connectivity index (χ0v) is 13.4. The summed E-state index contributed by atoms with van der Waals surface area (Å²) in [5.74, 6) is 1.50. The molecule has 112 valence electrons. The molecule has 0 saturated carbocycles. The number of nitrogens with zero attached hydrogens (tertiary/aromatic N) is 2. The van der Waals surface area contributed by atoms with E-state index in [1.807, 2.05) is 0 Å². The molecule has 21 heavy (non-hydrogen) atoms. The average molecular weight is 354 g/mol. The third kappa shape index (κ3) is 3.16. The lowest BCUT2D eigenvalue weighted by Gasteiger charge is -2.27. The maximum Gasteiger partial charge on any atom is 0.244 e. The van der Waals surface area contributed by atoms with E-state index in [0.717, 1.165) is 18.5 Å². The Morgan fingerprint density at radius 1 is 1.48 bits per heavy atom. The number of rotatable bonds is 3. The molecule has 3 rings (SSSR count). The Bertz CT molecular complexity index is 631. The molecule has 1 aromatic carbocycles. The molecule has 6 heteroatoms. The van der Waals surface area contributed by atoms with Gasteiger partial charge in [-0.2, -0.15) is 4.98 Å². The van der Waals surface area contributed by atoms with E-state index in [1.54, 1.807) is 6.07 Å². The summed E-state index contributed by atoms with van der Waals surface area (Å²) in [6, 6.07) is 4.56. The van der Waals surface area contributed by atoms with Gasteiger partial charge in [-0.1, -0.05) is 18.5 Å². The number of halogens is 2. The van der Waals surface area contributed by atoms with Gasteiger partial charge in [-0.15, -0.1) is 0 Å². The van der Waals surface area contributed by atoms with Gasteiger partial charge in [-0.25, -0.2) is 4.39 Å². The molecule has 1 aromatic heterocycles. The van der Waals surface area contributed by atoms with Crippen LogP contribution >= 0.6 is 15.9 Å². The first-order valence-electron chi connectivity index (χ1n) is 7.19. The zero-order valence-electron chi connectivity index (χ0n) is 11.8. The van der Waals surface area contributed by atoms with Crippen LogP contribution in [0.1, 0.15) is 38.1 Å². The predicted molar refractivity (Wildman–Crippen MR) is 81.2 cm³/mol. The molecule has 0 bridgehead atoms. The van der Waals surface area contributed by atoms with Gasteiger partial charge in [-0.3, -0.25) is 0 Å². The second-order valence-electron chi connectivity index (χ2n) is 5.39. The molecule has 1 saturated heterocycles. The zero-order chi connectivity index (χ0) is 14.8. The van der Waals surface area contributed by atoms with Crippen molar-refractivity contribution in [1.29, 1.82) is 0 Å². The quantitative estimate of drug-likeness (QED) is 0.902. The molecule has 4 nitrogen and oxygen atoms in total. The van der Waals surface area contributed by atoms with Crippen molar-refractivity contribution in [3.63, 3.8) is 0 Å². The van der Waals surface area contributed by atoms with Crippen molar-refractivity contribution in [3.8, 4) is 11.4 Å². The lowest BCUT2D eigenvalue weighted by atomic mass is 9.90. The van der Waals surface area contributed by atoms with Crippen molar-refractivity contribution in [2.45, 2.75) is 32.2 Å². The van der Waals surface area contributed by atoms with E-state index in [0.29, 0.717) is 22.1 Å². The highest BCUT2D eigenvalue weighted by atomic mass is 79.9. The van der Waals surface area contributed by atoms with Crippen molar-refractivity contribution in [3.05, 3.63) is 34.4 Å². The van der Waals surface area contributed by atoms with Crippen LogP contribution in [0, 0.1) is 11.7 Å². The third-order valence-corrected chi connectivity index (χ3v) is 4.66. The van der Waals surface area contributed by atoms with Crippen LogP contribution in [0.15, 0.2) is 27.2 Å². The molecule has 1 aliphatic heterocycles. The first kappa shape index (κ1) is 14.7. The van der Waals surface area contributed by atoms with Gasteiger partial charge >= 0.3 is 0 Å². The Morgan fingerprint density at radius 2 is 2.33 bits per heavy atom. The van der Waals surface area contributed by atoms with Crippen molar-refractivity contribution in [2.24, 2.45) is 5.92 Å². The Hall–Kier alpha value is -1.27. The number of benzene rings is 1. The van der Waals surface area contributed by atoms with Gasteiger partial charge in [0.05, 0.1) is 6.04 Å². The Kier molecular flexibility index (Phi) is 4.35. The maximum absolute atomic E-state index is 13.1. The molecule has 0 spiro atoms. The van der Waals surface area contributed by atoms with Gasteiger partial charge < -0.3 is 9.84 Å². The molecule has 1 fully saturated rings. The maximum atomic E-state index is 13.1. The molecule has 2 heterocycles. The number of piperidine rings is 1. The second kappa shape index (κ2) is 6.23. The van der Waals surface area contributed by atoms with E-state index in [9.17, 15) is 4.39 Å². The summed E-state index contributed by atoms with van der Waals surface area (Å²) in [6.07, 6.45) is 3.38. The van der Waals surface area contributed by atoms with E-state index in [1.165, 1.54) is 25.0 Å². The van der Waals surface area contributed by atoms with E-state index < -0.39 is 0 Å². The van der Waals surface area contributed by atoms with Gasteiger partial charge in [0.15, 0.2) is 0 Å². The summed E-state index contributed by atoms with van der Waals surface area (Å²) >= 11 is 3.33. The van der Waals surface area contributed by atoms with E-state index in [-0.39, 0.29) is 11.9 Å². The highest BCUT2D eigenvalue weighted by Crippen LogP contribution is 2.31. The minimum absolute atomic E-state index is 0.115. The van der Waals surface area contributed by atoms with Crippen LogP contribution in [-0.4, -0.2) is 16.7 Å². The first-order chi connectivity index (χ1) is 10.2. The fourth-order valence-electron chi connectivity index (χ4n) is 2.71. The fourth-order valence-corrected chi connectivity index (χ4v) is 3.24. The number of hydrogen-bond acceptors (Lipinski definition) is 4. The van der Waals surface area contributed by atoms with Crippen LogP contribution in [0.2, 0.25) is 0 Å². The van der Waals surface area contributed by atoms with Crippen LogP contribution in [0.3, 0.4) is 0 Å². The SMILES string of the molecule is CCC1CCNC(c2nc(-c3ccc(F)cc3Br)no2)C1. The summed E-state index contributed by atoms with van der Waals surface area (Å²) in [4.78, 5) is 4.47. The third-order valence-electron chi connectivity index (χ3n) is 4.00. The molecule has 1 aliphatic rings. The largest absolute Gasteiger partial charge is 0.337 e. The van der Waals surface area contributed by atoms with Gasteiger partial charge in [0.1, 0.15) is 5.82 Å². The van der Waals surface area contributed by atoms with Crippen LogP contribution in [-0.2, 0) is 0 Å². The first-order valence-corrected chi connectivity index (χ1v) is 7.99. The fraction of sp³-hybridized carbons (Fsp3) is 0.467. The summed E-state index contributed by atoms with van der Waals surface area (Å²) in [5, 5.41) is 7.44. The molecule has 0 aliphatic carbocycles. The van der Waals surface area contributed by atoms with Crippen LogP contribution in [0.5, 0.6) is 0 Å². The van der Waals surface area contributed by atoms with Gasteiger partial charge in [0.25, 0.3) is 0 Å². The molecular formula is C15H17BrFN3O. The van der Waals surface area contributed by atoms with Crippen LogP contribution < -0.4 is 5.32 Å². The molecule has 2 atom stereocenters. The number of hydrogen-bond donors (Lipinski definition) is 1. The van der Waals surface area contributed by atoms with Gasteiger partial charge in [-0.05, 0) is 59.4 Å². The highest BCUT2D eigenvalue weighted by Gasteiger charge is 2.26. The Labute approximate surface area is 131 Å². The van der Waals surface area contributed by atoms with Crippen molar-refractivity contribution in [2.75, 3.05) is 6.54 Å². The summed E-state index contributed by atoms with van der Waals surface area (Å²) in [6.45, 7) is 3.18. The average Bonchev–Trinajstić information content (AvgIpc) is 2.97. The van der Waals surface area contributed by atoms with Crippen LogP contribution in [0.4, 0.5) is 4.39 Å². The minimum atomic E-state index is -0.297. The predicted octanol–water partition coefficient (Wildman–Crippen LogP) is 4.09. The Morgan fingerprint density at radius 3 is 3.10 bits per heavy atom. The highest BCUT2D eigenvalue weighted by molar-refractivity contribution is 9.10. The van der Waals surface area contributed by atoms with E-state index in [4.69, 9.17) is 4.52 Å². The summed E-state index contributed by atoms with van der Waals surface area (Å²) in [5.41, 5.74) is 0.731. The second-order valence-corrected chi connectivity index (χ2v) is 6.24. The van der Waals surface area contributed by atoms with Gasteiger partial charge in [0, 0.05) is 10.0 Å². The molecule has 0 radical (unpaired) electrons. The van der Waals surface area contributed by atoms with Crippen LogP contribution in [0.25, 0.3) is 11.4 Å². The van der Waals surface area contributed by atoms with Crippen molar-refractivity contribution in [1.82, 2.24) is 15.5 Å². The molecule has 2 aromatic rings. The monoisotopic (exact) mass is 353 g/mol. The summed E-state index contributed by atoms with van der Waals surface area (Å²) < 4.78 is 19.2. The molecule has 0 amide bonds. The van der Waals surface area contributed by atoms with E-state index >= 15 is 0 Å². The topological polar surface area (TPSA) is 51.0 Å². The van der Waals surface area contributed by atoms with Crippen molar-refractivity contribution < 1.29 is 8.91 Å². The van der Waals surface area contributed by atoms with Crippen molar-refractivity contribution >= 4 is 15.9 Å². The Balaban J connectivity index is 1.83. The normalized spacial score (nSPS) is 22.4. The smallest absolute Gasteiger partial charge is 0.244 e. The number of aromatic nitrogens is 2.